The van der Waals surface area contributed by atoms with Crippen LogP contribution in [-0.4, -0.2) is 5.66 Å². The van der Waals surface area contributed by atoms with Crippen molar-refractivity contribution in [3.63, 3.8) is 0 Å². The minimum absolute atomic E-state index is 0.471. The van der Waals surface area contributed by atoms with Gasteiger partial charge < -0.3 is 11.5 Å². The van der Waals surface area contributed by atoms with Gasteiger partial charge in [0.25, 0.3) is 0 Å². The SMILES string of the molecule is CCCCCCCCCCCCC=CCCC(N)(N)CC. The first-order valence-electron chi connectivity index (χ1n) is 9.35. The Morgan fingerprint density at radius 1 is 0.667 bits per heavy atom. The first-order valence-corrected chi connectivity index (χ1v) is 9.35. The topological polar surface area (TPSA) is 52.0 Å². The molecule has 0 atom stereocenters. The number of rotatable bonds is 15. The van der Waals surface area contributed by atoms with Gasteiger partial charge in [-0.15, -0.1) is 0 Å². The zero-order chi connectivity index (χ0) is 15.8. The van der Waals surface area contributed by atoms with Gasteiger partial charge in [0.15, 0.2) is 0 Å². The van der Waals surface area contributed by atoms with Crippen LogP contribution in [0, 0.1) is 0 Å². The lowest BCUT2D eigenvalue weighted by Crippen LogP contribution is -2.48. The van der Waals surface area contributed by atoms with E-state index in [-0.39, 0.29) is 0 Å². The molecule has 0 amide bonds. The highest BCUT2D eigenvalue weighted by Gasteiger charge is 2.13. The normalized spacial score (nSPS) is 12.4. The summed E-state index contributed by atoms with van der Waals surface area (Å²) >= 11 is 0. The van der Waals surface area contributed by atoms with Crippen LogP contribution in [0.5, 0.6) is 0 Å². The minimum Gasteiger partial charge on any atom is -0.313 e. The summed E-state index contributed by atoms with van der Waals surface area (Å²) < 4.78 is 0. The Hall–Kier alpha value is -0.340. The van der Waals surface area contributed by atoms with Crippen LogP contribution in [0.15, 0.2) is 12.2 Å². The van der Waals surface area contributed by atoms with Crippen molar-refractivity contribution < 1.29 is 0 Å². The van der Waals surface area contributed by atoms with Gasteiger partial charge in [0.2, 0.25) is 0 Å². The van der Waals surface area contributed by atoms with E-state index in [1.54, 1.807) is 0 Å². The third kappa shape index (κ3) is 15.9. The maximum atomic E-state index is 5.91. The summed E-state index contributed by atoms with van der Waals surface area (Å²) in [5.41, 5.74) is 11.3. The Kier molecular flexibility index (Phi) is 14.4. The molecule has 0 fully saturated rings. The second-order valence-corrected chi connectivity index (χ2v) is 6.57. The third-order valence-corrected chi connectivity index (χ3v) is 4.33. The van der Waals surface area contributed by atoms with E-state index in [2.05, 4.69) is 19.1 Å². The number of hydrogen-bond donors (Lipinski definition) is 2. The van der Waals surface area contributed by atoms with Crippen LogP contribution in [0.25, 0.3) is 0 Å². The maximum absolute atomic E-state index is 5.91. The van der Waals surface area contributed by atoms with Crippen LogP contribution in [0.4, 0.5) is 0 Å². The molecule has 2 heteroatoms. The van der Waals surface area contributed by atoms with E-state index in [1.165, 1.54) is 70.6 Å². The van der Waals surface area contributed by atoms with Crippen LogP contribution < -0.4 is 11.5 Å². The molecule has 0 saturated heterocycles. The summed E-state index contributed by atoms with van der Waals surface area (Å²) in [6.45, 7) is 4.33. The zero-order valence-corrected chi connectivity index (χ0v) is 14.7. The third-order valence-electron chi connectivity index (χ3n) is 4.33. The van der Waals surface area contributed by atoms with Crippen molar-refractivity contribution in [3.05, 3.63) is 12.2 Å². The minimum atomic E-state index is -0.471. The Balaban J connectivity index is 3.18. The molecule has 0 unspecified atom stereocenters. The van der Waals surface area contributed by atoms with E-state index in [1.807, 2.05) is 6.92 Å². The van der Waals surface area contributed by atoms with Gasteiger partial charge >= 0.3 is 0 Å². The van der Waals surface area contributed by atoms with Crippen molar-refractivity contribution in [2.45, 2.75) is 109 Å². The van der Waals surface area contributed by atoms with Gasteiger partial charge in [0.1, 0.15) is 0 Å². The lowest BCUT2D eigenvalue weighted by molar-refractivity contribution is 0.398. The summed E-state index contributed by atoms with van der Waals surface area (Å²) in [4.78, 5) is 0. The average molecular weight is 297 g/mol. The second kappa shape index (κ2) is 14.6. The Bertz CT molecular complexity index is 234. The number of hydrogen-bond acceptors (Lipinski definition) is 2. The first kappa shape index (κ1) is 20.7. The average Bonchev–Trinajstić information content (AvgIpc) is 2.47. The fourth-order valence-electron chi connectivity index (χ4n) is 2.51. The predicted octanol–water partition coefficient (Wildman–Crippen LogP) is 5.66. The molecule has 0 aliphatic rings. The Morgan fingerprint density at radius 3 is 1.67 bits per heavy atom. The molecule has 0 aliphatic carbocycles. The van der Waals surface area contributed by atoms with Gasteiger partial charge in [-0.1, -0.05) is 83.8 Å². The Labute approximate surface area is 133 Å². The van der Waals surface area contributed by atoms with Gasteiger partial charge in [-0.25, -0.2) is 0 Å². The number of nitrogens with two attached hydrogens (primary N) is 2. The molecule has 0 saturated carbocycles. The maximum Gasteiger partial charge on any atom is 0.0636 e. The highest BCUT2D eigenvalue weighted by molar-refractivity contribution is 4.85. The summed E-state index contributed by atoms with van der Waals surface area (Å²) in [5, 5.41) is 0. The molecule has 0 aromatic heterocycles. The molecule has 21 heavy (non-hydrogen) atoms. The predicted molar refractivity (Wildman–Crippen MR) is 96.2 cm³/mol. The van der Waals surface area contributed by atoms with Crippen LogP contribution in [0.1, 0.15) is 104 Å². The lowest BCUT2D eigenvalue weighted by Gasteiger charge is -2.21. The molecule has 0 aromatic rings. The van der Waals surface area contributed by atoms with Crippen molar-refractivity contribution in [3.8, 4) is 0 Å². The van der Waals surface area contributed by atoms with Crippen molar-refractivity contribution in [2.75, 3.05) is 0 Å². The Morgan fingerprint density at radius 2 is 1.14 bits per heavy atom. The lowest BCUT2D eigenvalue weighted by atomic mass is 10.0. The smallest absolute Gasteiger partial charge is 0.0636 e. The number of unbranched alkanes of at least 4 members (excludes halogenated alkanes) is 10. The fraction of sp³-hybridized carbons (Fsp3) is 0.895. The van der Waals surface area contributed by atoms with Gasteiger partial charge in [-0.2, -0.15) is 0 Å². The molecule has 0 aromatic carbocycles. The molecule has 4 N–H and O–H groups in total. The van der Waals surface area contributed by atoms with Crippen molar-refractivity contribution in [2.24, 2.45) is 11.5 Å². The molecular formula is C19H40N2. The molecule has 0 heterocycles. The second-order valence-electron chi connectivity index (χ2n) is 6.57. The van der Waals surface area contributed by atoms with Crippen LogP contribution >= 0.6 is 0 Å². The van der Waals surface area contributed by atoms with E-state index in [4.69, 9.17) is 11.5 Å². The van der Waals surface area contributed by atoms with Crippen molar-refractivity contribution >= 4 is 0 Å². The van der Waals surface area contributed by atoms with Crippen LogP contribution in [0.3, 0.4) is 0 Å². The van der Waals surface area contributed by atoms with Crippen molar-refractivity contribution in [1.29, 1.82) is 0 Å². The van der Waals surface area contributed by atoms with E-state index >= 15 is 0 Å². The summed E-state index contributed by atoms with van der Waals surface area (Å²) in [5.74, 6) is 0. The molecule has 126 valence electrons. The summed E-state index contributed by atoms with van der Waals surface area (Å²) in [6, 6.07) is 0. The first-order chi connectivity index (χ1) is 10.1. The molecule has 0 bridgehead atoms. The molecule has 2 nitrogen and oxygen atoms in total. The molecule has 0 spiro atoms. The standard InChI is InChI=1S/C19H40N2/c1-3-5-6-7-8-9-10-11-12-13-14-15-16-17-18-19(20,21)4-2/h15-16H,3-14,17-18,20-21H2,1-2H3. The molecule has 0 aliphatic heterocycles. The highest BCUT2D eigenvalue weighted by Crippen LogP contribution is 2.12. The van der Waals surface area contributed by atoms with Gasteiger partial charge in [-0.3, -0.25) is 0 Å². The van der Waals surface area contributed by atoms with E-state index < -0.39 is 5.66 Å². The van der Waals surface area contributed by atoms with Gasteiger partial charge in [-0.05, 0) is 32.1 Å². The number of allylic oxidation sites excluding steroid dienone is 2. The largest absolute Gasteiger partial charge is 0.313 e. The summed E-state index contributed by atoms with van der Waals surface area (Å²) in [6.07, 6.45) is 22.6. The van der Waals surface area contributed by atoms with E-state index in [0.717, 1.165) is 19.3 Å². The van der Waals surface area contributed by atoms with Crippen LogP contribution in [-0.2, 0) is 0 Å². The van der Waals surface area contributed by atoms with E-state index in [0.29, 0.717) is 0 Å². The highest BCUT2D eigenvalue weighted by atomic mass is 14.9. The van der Waals surface area contributed by atoms with Crippen LogP contribution in [0.2, 0.25) is 0 Å². The zero-order valence-electron chi connectivity index (χ0n) is 14.7. The van der Waals surface area contributed by atoms with E-state index in [9.17, 15) is 0 Å². The molecule has 0 rings (SSSR count). The summed E-state index contributed by atoms with van der Waals surface area (Å²) in [7, 11) is 0. The van der Waals surface area contributed by atoms with Gasteiger partial charge in [0, 0.05) is 0 Å². The fourth-order valence-corrected chi connectivity index (χ4v) is 2.51. The van der Waals surface area contributed by atoms with Gasteiger partial charge in [0.05, 0.1) is 5.66 Å². The molecular weight excluding hydrogens is 256 g/mol. The monoisotopic (exact) mass is 296 g/mol. The molecule has 0 radical (unpaired) electrons. The van der Waals surface area contributed by atoms with Crippen molar-refractivity contribution in [1.82, 2.24) is 0 Å². The quantitative estimate of drug-likeness (QED) is 0.233.